The first-order valence-electron chi connectivity index (χ1n) is 9.32. The van der Waals surface area contributed by atoms with Crippen LogP contribution in [0.2, 0.25) is 5.02 Å². The molecule has 2 aromatic rings. The fourth-order valence-corrected chi connectivity index (χ4v) is 5.59. The first-order valence-corrected chi connectivity index (χ1v) is 11.1. The van der Waals surface area contributed by atoms with Gasteiger partial charge in [-0.15, -0.1) is 11.8 Å². The van der Waals surface area contributed by atoms with Crippen LogP contribution in [0.15, 0.2) is 77.2 Å². The summed E-state index contributed by atoms with van der Waals surface area (Å²) < 4.78 is 0. The molecule has 1 aliphatic carbocycles. The second-order valence-electron chi connectivity index (χ2n) is 7.12. The van der Waals surface area contributed by atoms with E-state index in [1.54, 1.807) is 42.1 Å². The van der Waals surface area contributed by atoms with Crippen LogP contribution >= 0.6 is 35.6 Å². The second kappa shape index (κ2) is 7.54. The Bertz CT molecular complexity index is 1180. The van der Waals surface area contributed by atoms with Crippen molar-refractivity contribution in [2.45, 2.75) is 5.25 Å². The molecule has 4 nitrogen and oxygen atoms in total. The number of allylic oxidation sites excluding steroid dienone is 3. The molecule has 30 heavy (non-hydrogen) atoms. The van der Waals surface area contributed by atoms with Gasteiger partial charge >= 0.3 is 0 Å². The number of halogens is 1. The molecule has 2 aliphatic heterocycles. The van der Waals surface area contributed by atoms with E-state index in [0.29, 0.717) is 10.7 Å². The van der Waals surface area contributed by atoms with Crippen molar-refractivity contribution < 1.29 is 9.59 Å². The molecule has 1 saturated heterocycles. The molecule has 0 aromatic heterocycles. The van der Waals surface area contributed by atoms with Crippen LogP contribution < -0.4 is 10.2 Å². The van der Waals surface area contributed by atoms with Gasteiger partial charge in [0.2, 0.25) is 0 Å². The largest absolute Gasteiger partial charge is 0.298 e. The zero-order valence-electron chi connectivity index (χ0n) is 15.5. The van der Waals surface area contributed by atoms with Gasteiger partial charge < -0.3 is 0 Å². The van der Waals surface area contributed by atoms with Gasteiger partial charge in [0.15, 0.2) is 5.11 Å². The average molecular weight is 451 g/mol. The molecule has 2 heterocycles. The number of anilines is 1. The van der Waals surface area contributed by atoms with Crippen LogP contribution in [0.4, 0.5) is 5.69 Å². The number of thioether (sulfide) groups is 1. The summed E-state index contributed by atoms with van der Waals surface area (Å²) in [5.74, 6) is -0.818. The zero-order valence-corrected chi connectivity index (χ0v) is 17.9. The Labute approximate surface area is 188 Å². The Hall–Kier alpha value is -2.67. The molecule has 5 rings (SSSR count). The van der Waals surface area contributed by atoms with E-state index in [1.165, 1.54) is 16.0 Å². The van der Waals surface area contributed by atoms with Gasteiger partial charge in [0.1, 0.15) is 5.57 Å². The predicted octanol–water partition coefficient (Wildman–Crippen LogP) is 5.03. The number of carbonyl (C=O) groups is 2. The number of fused-ring (bicyclic) bond motifs is 3. The molecular weight excluding hydrogens is 436 g/mol. The highest BCUT2D eigenvalue weighted by molar-refractivity contribution is 8.02. The van der Waals surface area contributed by atoms with Crippen molar-refractivity contribution in [3.8, 4) is 0 Å². The third-order valence-electron chi connectivity index (χ3n) is 5.34. The number of nitrogens with zero attached hydrogens (tertiary/aromatic N) is 1. The SMILES string of the molecule is O=C1NC(=S)N(c2ccc(Cl)cc2)C(=O)/C1=C/C1=CSC2c3ccccc3C=CC12. The third-order valence-corrected chi connectivity index (χ3v) is 7.13. The Morgan fingerprint density at radius 3 is 2.67 bits per heavy atom. The molecule has 0 spiro atoms. The number of amides is 2. The molecule has 0 saturated carbocycles. The topological polar surface area (TPSA) is 49.4 Å². The van der Waals surface area contributed by atoms with Crippen molar-refractivity contribution in [1.29, 1.82) is 0 Å². The molecule has 7 heteroatoms. The standard InChI is InChI=1S/C23H15ClN2O2S2/c24-15-6-8-16(9-7-15)26-22(28)19(21(27)25-23(26)29)11-14-12-30-20-17-4-2-1-3-13(17)5-10-18(14)20/h1-12,18,20H,(H,25,27,29)/b19-11+. The van der Waals surface area contributed by atoms with Gasteiger partial charge in [-0.1, -0.05) is 48.0 Å². The van der Waals surface area contributed by atoms with Crippen LogP contribution in [-0.4, -0.2) is 16.9 Å². The quantitative estimate of drug-likeness (QED) is 0.396. The predicted molar refractivity (Wildman–Crippen MR) is 125 cm³/mol. The van der Waals surface area contributed by atoms with Crippen molar-refractivity contribution in [3.63, 3.8) is 0 Å². The summed E-state index contributed by atoms with van der Waals surface area (Å²) in [5, 5.41) is 5.52. The number of carbonyl (C=O) groups excluding carboxylic acids is 2. The number of hydrogen-bond donors (Lipinski definition) is 1. The van der Waals surface area contributed by atoms with E-state index in [9.17, 15) is 9.59 Å². The molecule has 0 radical (unpaired) electrons. The molecule has 2 amide bonds. The lowest BCUT2D eigenvalue weighted by Crippen LogP contribution is -2.54. The molecule has 1 N–H and O–H groups in total. The fourth-order valence-electron chi connectivity index (χ4n) is 3.88. The number of benzene rings is 2. The first-order chi connectivity index (χ1) is 14.5. The third kappa shape index (κ3) is 3.21. The van der Waals surface area contributed by atoms with Crippen LogP contribution in [0.1, 0.15) is 16.4 Å². The highest BCUT2D eigenvalue weighted by atomic mass is 35.5. The average Bonchev–Trinajstić information content (AvgIpc) is 3.16. The van der Waals surface area contributed by atoms with Crippen LogP contribution in [-0.2, 0) is 9.59 Å². The van der Waals surface area contributed by atoms with Crippen molar-refractivity contribution in [3.05, 3.63) is 93.4 Å². The van der Waals surface area contributed by atoms with E-state index in [4.69, 9.17) is 23.8 Å². The molecule has 0 bridgehead atoms. The van der Waals surface area contributed by atoms with Gasteiger partial charge in [-0.2, -0.15) is 0 Å². The summed E-state index contributed by atoms with van der Waals surface area (Å²) >= 11 is 12.9. The minimum Gasteiger partial charge on any atom is -0.298 e. The van der Waals surface area contributed by atoms with E-state index in [2.05, 4.69) is 29.6 Å². The van der Waals surface area contributed by atoms with Gasteiger partial charge in [-0.25, -0.2) is 0 Å². The Balaban J connectivity index is 1.48. The molecular formula is C23H15ClN2O2S2. The van der Waals surface area contributed by atoms with E-state index < -0.39 is 11.8 Å². The summed E-state index contributed by atoms with van der Waals surface area (Å²) in [5.41, 5.74) is 4.04. The normalized spacial score (nSPS) is 23.9. The monoisotopic (exact) mass is 450 g/mol. The highest BCUT2D eigenvalue weighted by Gasteiger charge is 2.37. The van der Waals surface area contributed by atoms with Crippen LogP contribution in [0, 0.1) is 5.92 Å². The highest BCUT2D eigenvalue weighted by Crippen LogP contribution is 2.51. The molecule has 1 fully saturated rings. The van der Waals surface area contributed by atoms with Gasteiger partial charge in [-0.05, 0) is 64.7 Å². The van der Waals surface area contributed by atoms with Crippen LogP contribution in [0.3, 0.4) is 0 Å². The minimum absolute atomic E-state index is 0.0589. The van der Waals surface area contributed by atoms with E-state index in [-0.39, 0.29) is 21.9 Å². The summed E-state index contributed by atoms with van der Waals surface area (Å²) in [6, 6.07) is 15.0. The lowest BCUT2D eigenvalue weighted by atomic mass is 9.84. The Morgan fingerprint density at radius 2 is 1.87 bits per heavy atom. The van der Waals surface area contributed by atoms with Gasteiger partial charge in [-0.3, -0.25) is 19.8 Å². The second-order valence-corrected chi connectivity index (χ2v) is 8.96. The number of nitrogens with one attached hydrogen (secondary N) is 1. The molecule has 3 aliphatic rings. The summed E-state index contributed by atoms with van der Waals surface area (Å²) in [6.07, 6.45) is 5.94. The maximum atomic E-state index is 13.2. The molecule has 2 aromatic carbocycles. The van der Waals surface area contributed by atoms with Crippen LogP contribution in [0.5, 0.6) is 0 Å². The fraction of sp³-hybridized carbons (Fsp3) is 0.0870. The summed E-state index contributed by atoms with van der Waals surface area (Å²) in [7, 11) is 0. The van der Waals surface area contributed by atoms with Gasteiger partial charge in [0.05, 0.1) is 5.69 Å². The zero-order chi connectivity index (χ0) is 20.8. The number of rotatable bonds is 2. The number of thiocarbonyl (C=S) groups is 1. The molecule has 148 valence electrons. The lowest BCUT2D eigenvalue weighted by Gasteiger charge is -2.29. The van der Waals surface area contributed by atoms with E-state index >= 15 is 0 Å². The summed E-state index contributed by atoms with van der Waals surface area (Å²) in [6.45, 7) is 0. The van der Waals surface area contributed by atoms with Crippen LogP contribution in [0.25, 0.3) is 6.08 Å². The minimum atomic E-state index is -0.482. The first kappa shape index (κ1) is 19.3. The van der Waals surface area contributed by atoms with Crippen molar-refractivity contribution in [1.82, 2.24) is 5.32 Å². The molecule has 2 unspecified atom stereocenters. The summed E-state index contributed by atoms with van der Waals surface area (Å²) in [4.78, 5) is 27.1. The molecule has 2 atom stereocenters. The van der Waals surface area contributed by atoms with Crippen molar-refractivity contribution >= 4 is 64.3 Å². The van der Waals surface area contributed by atoms with Crippen molar-refractivity contribution in [2.24, 2.45) is 5.92 Å². The Kier molecular flexibility index (Phi) is 4.85. The number of hydrogen-bond acceptors (Lipinski definition) is 4. The maximum absolute atomic E-state index is 13.2. The van der Waals surface area contributed by atoms with Crippen molar-refractivity contribution in [2.75, 3.05) is 4.90 Å². The lowest BCUT2D eigenvalue weighted by molar-refractivity contribution is -0.122. The maximum Gasteiger partial charge on any atom is 0.270 e. The Morgan fingerprint density at radius 1 is 1.10 bits per heavy atom. The smallest absolute Gasteiger partial charge is 0.270 e. The van der Waals surface area contributed by atoms with E-state index in [0.717, 1.165) is 5.57 Å². The van der Waals surface area contributed by atoms with Gasteiger partial charge in [0, 0.05) is 16.2 Å². The van der Waals surface area contributed by atoms with E-state index in [1.807, 2.05) is 17.5 Å². The van der Waals surface area contributed by atoms with Gasteiger partial charge in [0.25, 0.3) is 11.8 Å².